The fraction of sp³-hybridized carbons (Fsp3) is 0.647. The Hall–Kier alpha value is -1.06. The largest absolute Gasteiger partial charge is 0.494 e. The van der Waals surface area contributed by atoms with E-state index in [0.717, 1.165) is 30.0 Å². The van der Waals surface area contributed by atoms with Crippen LogP contribution in [-0.4, -0.2) is 30.2 Å². The minimum Gasteiger partial charge on any atom is -0.494 e. The van der Waals surface area contributed by atoms with Gasteiger partial charge >= 0.3 is 0 Å². The maximum absolute atomic E-state index is 9.72. The molecule has 0 aliphatic carbocycles. The second-order valence-electron chi connectivity index (χ2n) is 5.90. The lowest BCUT2D eigenvalue weighted by Crippen LogP contribution is -2.21. The van der Waals surface area contributed by atoms with Crippen molar-refractivity contribution in [1.29, 1.82) is 0 Å². The van der Waals surface area contributed by atoms with Crippen molar-refractivity contribution in [2.75, 3.05) is 20.2 Å². The molecule has 0 saturated carbocycles. The molecule has 0 fully saturated rings. The van der Waals surface area contributed by atoms with Crippen LogP contribution in [0.3, 0.4) is 0 Å². The number of rotatable bonds is 8. The van der Waals surface area contributed by atoms with E-state index in [-0.39, 0.29) is 0 Å². The Bertz CT molecular complexity index is 402. The first-order chi connectivity index (χ1) is 9.43. The molecule has 20 heavy (non-hydrogen) atoms. The Balaban J connectivity index is 2.80. The predicted octanol–water partition coefficient (Wildman–Crippen LogP) is 3.62. The number of benzene rings is 1. The average molecular weight is 279 g/mol. The van der Waals surface area contributed by atoms with E-state index in [2.05, 4.69) is 31.9 Å². The van der Waals surface area contributed by atoms with Gasteiger partial charge in [0.15, 0.2) is 0 Å². The van der Waals surface area contributed by atoms with Crippen molar-refractivity contribution in [2.45, 2.75) is 46.8 Å². The van der Waals surface area contributed by atoms with E-state index >= 15 is 0 Å². The molecule has 3 nitrogen and oxygen atoms in total. The fourth-order valence-corrected chi connectivity index (χ4v) is 2.13. The molecule has 0 aliphatic heterocycles. The van der Waals surface area contributed by atoms with Gasteiger partial charge in [0.1, 0.15) is 5.75 Å². The van der Waals surface area contributed by atoms with Crippen LogP contribution in [0.2, 0.25) is 0 Å². The minimum absolute atomic E-state index is 0.439. The molecule has 3 heteroatoms. The van der Waals surface area contributed by atoms with Crippen LogP contribution >= 0.6 is 0 Å². The zero-order valence-electron chi connectivity index (χ0n) is 13.5. The molecule has 0 heterocycles. The zero-order valence-corrected chi connectivity index (χ0v) is 13.5. The van der Waals surface area contributed by atoms with Gasteiger partial charge in [0.25, 0.3) is 0 Å². The molecule has 1 rings (SSSR count). The van der Waals surface area contributed by atoms with E-state index in [0.29, 0.717) is 12.5 Å². The van der Waals surface area contributed by atoms with Crippen LogP contribution in [0.25, 0.3) is 0 Å². The second kappa shape index (κ2) is 8.28. The van der Waals surface area contributed by atoms with Crippen LogP contribution < -0.4 is 4.74 Å². The normalized spacial score (nSPS) is 13.0. The molecule has 1 atom stereocenters. The summed E-state index contributed by atoms with van der Waals surface area (Å²) in [7, 11) is 2.13. The van der Waals surface area contributed by atoms with Gasteiger partial charge in [0.2, 0.25) is 0 Å². The van der Waals surface area contributed by atoms with Crippen molar-refractivity contribution in [2.24, 2.45) is 5.92 Å². The Morgan fingerprint density at radius 1 is 1.25 bits per heavy atom. The molecule has 1 aromatic rings. The molecule has 1 N–H and O–H groups in total. The lowest BCUT2D eigenvalue weighted by Gasteiger charge is -2.21. The highest BCUT2D eigenvalue weighted by Crippen LogP contribution is 2.25. The van der Waals surface area contributed by atoms with Crippen molar-refractivity contribution in [3.05, 3.63) is 29.3 Å². The third-order valence-electron chi connectivity index (χ3n) is 3.40. The number of ether oxygens (including phenoxy) is 1. The van der Waals surface area contributed by atoms with Crippen LogP contribution in [0.1, 0.15) is 51.3 Å². The van der Waals surface area contributed by atoms with E-state index in [1.165, 1.54) is 6.42 Å². The van der Waals surface area contributed by atoms with Crippen LogP contribution in [0.4, 0.5) is 0 Å². The molecule has 0 bridgehead atoms. The van der Waals surface area contributed by atoms with E-state index in [4.69, 9.17) is 4.74 Å². The van der Waals surface area contributed by atoms with E-state index in [9.17, 15) is 5.11 Å². The highest BCUT2D eigenvalue weighted by atomic mass is 16.5. The topological polar surface area (TPSA) is 32.7 Å². The first kappa shape index (κ1) is 17.0. The van der Waals surface area contributed by atoms with E-state index in [1.54, 1.807) is 6.92 Å². The minimum atomic E-state index is -0.439. The molecule has 0 amide bonds. The summed E-state index contributed by atoms with van der Waals surface area (Å²) in [5, 5.41) is 9.72. The van der Waals surface area contributed by atoms with Gasteiger partial charge in [-0.2, -0.15) is 0 Å². The smallest absolute Gasteiger partial charge is 0.123 e. The molecule has 0 aromatic heterocycles. The Kier molecular flexibility index (Phi) is 7.03. The number of hydrogen-bond acceptors (Lipinski definition) is 3. The second-order valence-corrected chi connectivity index (χ2v) is 5.90. The van der Waals surface area contributed by atoms with E-state index < -0.39 is 6.10 Å². The standard InChI is InChI=1S/C17H29NO2/c1-6-20-17-8-7-15(14(4)19)11-16(17)12-18(5)10-9-13(2)3/h7-8,11,13-14,19H,6,9-10,12H2,1-5H3. The number of nitrogens with zero attached hydrogens (tertiary/aromatic N) is 1. The van der Waals surface area contributed by atoms with Crippen molar-refractivity contribution >= 4 is 0 Å². The molecule has 0 spiro atoms. The van der Waals surface area contributed by atoms with Crippen molar-refractivity contribution < 1.29 is 9.84 Å². The molecule has 0 radical (unpaired) electrons. The highest BCUT2D eigenvalue weighted by molar-refractivity contribution is 5.38. The summed E-state index contributed by atoms with van der Waals surface area (Å²) in [6, 6.07) is 5.96. The van der Waals surface area contributed by atoms with Gasteiger partial charge in [0.05, 0.1) is 12.7 Å². The molecule has 114 valence electrons. The first-order valence-electron chi connectivity index (χ1n) is 7.56. The lowest BCUT2D eigenvalue weighted by atomic mass is 10.1. The number of aliphatic hydroxyl groups is 1. The fourth-order valence-electron chi connectivity index (χ4n) is 2.13. The van der Waals surface area contributed by atoms with Gasteiger partial charge in [0, 0.05) is 12.1 Å². The van der Waals surface area contributed by atoms with Crippen LogP contribution in [0, 0.1) is 5.92 Å². The summed E-state index contributed by atoms with van der Waals surface area (Å²) < 4.78 is 5.69. The van der Waals surface area contributed by atoms with Gasteiger partial charge in [-0.1, -0.05) is 19.9 Å². The van der Waals surface area contributed by atoms with Crippen LogP contribution in [-0.2, 0) is 6.54 Å². The molecule has 1 unspecified atom stereocenters. The van der Waals surface area contributed by atoms with Crippen LogP contribution in [0.15, 0.2) is 18.2 Å². The average Bonchev–Trinajstić information content (AvgIpc) is 2.38. The van der Waals surface area contributed by atoms with Crippen molar-refractivity contribution in [1.82, 2.24) is 4.90 Å². The maximum atomic E-state index is 9.72. The van der Waals surface area contributed by atoms with Gasteiger partial charge in [-0.15, -0.1) is 0 Å². The molecular formula is C17H29NO2. The third kappa shape index (κ3) is 5.51. The monoisotopic (exact) mass is 279 g/mol. The summed E-state index contributed by atoms with van der Waals surface area (Å²) in [5.74, 6) is 1.64. The quantitative estimate of drug-likeness (QED) is 0.789. The maximum Gasteiger partial charge on any atom is 0.123 e. The molecule has 1 aromatic carbocycles. The summed E-state index contributed by atoms with van der Waals surface area (Å²) in [4.78, 5) is 2.31. The summed E-state index contributed by atoms with van der Waals surface area (Å²) in [6.45, 7) is 10.9. The summed E-state index contributed by atoms with van der Waals surface area (Å²) >= 11 is 0. The van der Waals surface area contributed by atoms with Gasteiger partial charge < -0.3 is 14.7 Å². The highest BCUT2D eigenvalue weighted by Gasteiger charge is 2.10. The lowest BCUT2D eigenvalue weighted by molar-refractivity contribution is 0.198. The van der Waals surface area contributed by atoms with Gasteiger partial charge in [-0.25, -0.2) is 0 Å². The zero-order chi connectivity index (χ0) is 15.1. The Labute approximate surface area is 123 Å². The molecule has 0 saturated heterocycles. The number of hydrogen-bond donors (Lipinski definition) is 1. The van der Waals surface area contributed by atoms with Gasteiger partial charge in [-0.05, 0) is 57.5 Å². The Morgan fingerprint density at radius 2 is 1.95 bits per heavy atom. The first-order valence-corrected chi connectivity index (χ1v) is 7.56. The SMILES string of the molecule is CCOc1ccc(C(C)O)cc1CN(C)CCC(C)C. The molecular weight excluding hydrogens is 250 g/mol. The third-order valence-corrected chi connectivity index (χ3v) is 3.40. The van der Waals surface area contributed by atoms with Crippen LogP contribution in [0.5, 0.6) is 5.75 Å². The van der Waals surface area contributed by atoms with E-state index in [1.807, 2.05) is 19.1 Å². The Morgan fingerprint density at radius 3 is 2.50 bits per heavy atom. The summed E-state index contributed by atoms with van der Waals surface area (Å²) in [5.41, 5.74) is 2.09. The van der Waals surface area contributed by atoms with Crippen molar-refractivity contribution in [3.8, 4) is 5.75 Å². The predicted molar refractivity (Wildman–Crippen MR) is 84.0 cm³/mol. The van der Waals surface area contributed by atoms with Gasteiger partial charge in [-0.3, -0.25) is 0 Å². The van der Waals surface area contributed by atoms with Crippen molar-refractivity contribution in [3.63, 3.8) is 0 Å². The summed E-state index contributed by atoms with van der Waals surface area (Å²) in [6.07, 6.45) is 0.752. The molecule has 0 aliphatic rings. The number of aliphatic hydroxyl groups excluding tert-OH is 1.